The Labute approximate surface area is 235 Å². The number of carbonyl (C=O) groups is 2. The van der Waals surface area contributed by atoms with Crippen molar-refractivity contribution in [3.63, 3.8) is 0 Å². The molecule has 2 rings (SSSR count). The molecule has 8 nitrogen and oxygen atoms in total. The molecule has 0 aliphatic carbocycles. The first-order valence-electron chi connectivity index (χ1n) is 12.4. The van der Waals surface area contributed by atoms with Crippen LogP contribution in [0.3, 0.4) is 0 Å². The van der Waals surface area contributed by atoms with Gasteiger partial charge in [0.1, 0.15) is 18.2 Å². The molecule has 0 saturated heterocycles. The van der Waals surface area contributed by atoms with E-state index in [0.29, 0.717) is 11.1 Å². The smallest absolute Gasteiger partial charge is 0.462 e. The fourth-order valence-corrected chi connectivity index (χ4v) is 3.37. The van der Waals surface area contributed by atoms with Crippen LogP contribution >= 0.6 is 0 Å². The summed E-state index contributed by atoms with van der Waals surface area (Å²) in [7, 11) is 0. The van der Waals surface area contributed by atoms with E-state index >= 15 is 0 Å². The lowest BCUT2D eigenvalue weighted by Gasteiger charge is -2.29. The Morgan fingerprint density at radius 1 is 0.905 bits per heavy atom. The van der Waals surface area contributed by atoms with Crippen molar-refractivity contribution in [3.8, 4) is 5.75 Å². The minimum Gasteiger partial charge on any atom is -0.492 e. The van der Waals surface area contributed by atoms with Gasteiger partial charge in [0.05, 0.1) is 13.2 Å². The molecule has 0 heterocycles. The van der Waals surface area contributed by atoms with Gasteiger partial charge >= 0.3 is 30.2 Å². The second-order valence-corrected chi connectivity index (χ2v) is 8.69. The Balaban J connectivity index is 2.02. The lowest BCUT2D eigenvalue weighted by Crippen LogP contribution is -2.54. The normalized spacial score (nSPS) is 13.0. The van der Waals surface area contributed by atoms with E-state index in [1.807, 2.05) is 0 Å². The number of carboxylic acids is 1. The number of nitrogens with zero attached hydrogens (tertiary/aromatic N) is 1. The first-order chi connectivity index (χ1) is 19.6. The quantitative estimate of drug-likeness (QED) is 0.250. The number of rotatable bonds is 16. The van der Waals surface area contributed by atoms with Gasteiger partial charge in [0.2, 0.25) is 0 Å². The van der Waals surface area contributed by atoms with E-state index in [1.54, 1.807) is 19.1 Å². The maximum atomic E-state index is 13.5. The first kappa shape index (κ1) is 34.5. The van der Waals surface area contributed by atoms with Gasteiger partial charge in [-0.25, -0.2) is 14.0 Å². The van der Waals surface area contributed by atoms with Crippen molar-refractivity contribution in [2.45, 2.75) is 44.2 Å². The summed E-state index contributed by atoms with van der Waals surface area (Å²) in [6.45, 7) is -1.13. The SMILES string of the molecule is CCOC(Cc1ccc(OCCN(CCOC(F)(F)C(F)(F)C(F)(F)F)C(=O)NCc2ccc(F)cc2)cc1)C(=O)O. The molecule has 0 aliphatic rings. The number of aliphatic carboxylic acids is 1. The second kappa shape index (κ2) is 15.0. The van der Waals surface area contributed by atoms with E-state index in [4.69, 9.17) is 9.47 Å². The lowest BCUT2D eigenvalue weighted by atomic mass is 10.1. The van der Waals surface area contributed by atoms with Crippen LogP contribution in [0.15, 0.2) is 48.5 Å². The molecule has 2 N–H and O–H groups in total. The third-order valence-corrected chi connectivity index (χ3v) is 5.63. The van der Waals surface area contributed by atoms with Crippen molar-refractivity contribution < 1.29 is 64.0 Å². The van der Waals surface area contributed by atoms with Crippen LogP contribution in [0, 0.1) is 5.82 Å². The molecule has 1 atom stereocenters. The molecule has 0 aromatic heterocycles. The average Bonchev–Trinajstić information content (AvgIpc) is 2.91. The Kier molecular flexibility index (Phi) is 12.3. The fourth-order valence-electron chi connectivity index (χ4n) is 3.37. The zero-order valence-electron chi connectivity index (χ0n) is 22.1. The van der Waals surface area contributed by atoms with E-state index in [1.165, 1.54) is 24.3 Å². The van der Waals surface area contributed by atoms with Gasteiger partial charge in [-0.1, -0.05) is 24.3 Å². The van der Waals surface area contributed by atoms with Crippen molar-refractivity contribution >= 4 is 12.0 Å². The summed E-state index contributed by atoms with van der Waals surface area (Å²) >= 11 is 0. The zero-order valence-corrected chi connectivity index (χ0v) is 22.1. The number of carboxylic acid groups (broad SMARTS) is 1. The van der Waals surface area contributed by atoms with Crippen molar-refractivity contribution in [2.24, 2.45) is 0 Å². The first-order valence-corrected chi connectivity index (χ1v) is 12.4. The number of halogens is 8. The number of hydrogen-bond acceptors (Lipinski definition) is 5. The Bertz CT molecular complexity index is 1150. The highest BCUT2D eigenvalue weighted by Gasteiger charge is 2.74. The zero-order chi connectivity index (χ0) is 31.6. The van der Waals surface area contributed by atoms with Gasteiger partial charge in [0.15, 0.2) is 6.10 Å². The molecule has 0 bridgehead atoms. The molecular weight excluding hydrogens is 588 g/mol. The van der Waals surface area contributed by atoms with E-state index in [2.05, 4.69) is 10.1 Å². The highest BCUT2D eigenvalue weighted by molar-refractivity contribution is 5.74. The third kappa shape index (κ3) is 10.0. The van der Waals surface area contributed by atoms with Crippen LogP contribution in [0.1, 0.15) is 18.1 Å². The summed E-state index contributed by atoms with van der Waals surface area (Å²) in [5, 5.41) is 11.6. The molecule has 0 spiro atoms. The topological polar surface area (TPSA) is 97.3 Å². The number of carbonyl (C=O) groups excluding carboxylic acids is 1. The number of hydrogen-bond donors (Lipinski definition) is 2. The molecule has 234 valence electrons. The maximum Gasteiger partial charge on any atom is 0.462 e. The van der Waals surface area contributed by atoms with Crippen LogP contribution < -0.4 is 10.1 Å². The maximum absolute atomic E-state index is 13.5. The number of ether oxygens (including phenoxy) is 3. The van der Waals surface area contributed by atoms with Crippen LogP contribution in [0.2, 0.25) is 0 Å². The van der Waals surface area contributed by atoms with Gasteiger partial charge in [-0.3, -0.25) is 0 Å². The van der Waals surface area contributed by atoms with E-state index in [-0.39, 0.29) is 38.5 Å². The van der Waals surface area contributed by atoms with Crippen LogP contribution in [0.25, 0.3) is 0 Å². The Hall–Kier alpha value is -3.66. The number of amides is 2. The van der Waals surface area contributed by atoms with Crippen molar-refractivity contribution in [2.75, 3.05) is 32.9 Å². The Morgan fingerprint density at radius 3 is 2.02 bits per heavy atom. The Morgan fingerprint density at radius 2 is 1.48 bits per heavy atom. The molecule has 2 aromatic carbocycles. The second-order valence-electron chi connectivity index (χ2n) is 8.69. The fraction of sp³-hybridized carbons (Fsp3) is 0.462. The molecule has 0 fully saturated rings. The van der Waals surface area contributed by atoms with Crippen LogP contribution in [-0.4, -0.2) is 79.2 Å². The minimum atomic E-state index is -6.58. The average molecular weight is 617 g/mol. The summed E-state index contributed by atoms with van der Waals surface area (Å²) in [6.07, 6.45) is -13.5. The summed E-state index contributed by atoms with van der Waals surface area (Å²) < 4.78 is 118. The highest BCUT2D eigenvalue weighted by Crippen LogP contribution is 2.46. The number of urea groups is 1. The molecule has 16 heteroatoms. The predicted octanol–water partition coefficient (Wildman–Crippen LogP) is 5.26. The summed E-state index contributed by atoms with van der Waals surface area (Å²) in [6, 6.07) is 10.1. The molecule has 0 aliphatic heterocycles. The van der Waals surface area contributed by atoms with E-state index in [9.17, 15) is 49.8 Å². The van der Waals surface area contributed by atoms with Gasteiger partial charge in [-0.2, -0.15) is 30.7 Å². The molecular formula is C26H28F8N2O6. The summed E-state index contributed by atoms with van der Waals surface area (Å²) in [5.41, 5.74) is 1.06. The number of alkyl halides is 7. The lowest BCUT2D eigenvalue weighted by molar-refractivity contribution is -0.423. The van der Waals surface area contributed by atoms with Gasteiger partial charge in [0, 0.05) is 26.1 Å². The van der Waals surface area contributed by atoms with Crippen LogP contribution in [0.4, 0.5) is 39.9 Å². The largest absolute Gasteiger partial charge is 0.492 e. The predicted molar refractivity (Wildman–Crippen MR) is 131 cm³/mol. The summed E-state index contributed by atoms with van der Waals surface area (Å²) in [5.74, 6) is -7.89. The standard InChI is InChI=1S/C26H28F8N2O6/c1-2-40-21(22(37)38)15-17-5-9-20(10-6-17)41-13-11-36(23(39)35-16-18-3-7-19(27)8-4-18)12-14-42-26(33,34)24(28,29)25(30,31)32/h3-10,21H,2,11-16H2,1H3,(H,35,39)(H,37,38). The van der Waals surface area contributed by atoms with Crippen molar-refractivity contribution in [1.82, 2.24) is 10.2 Å². The minimum absolute atomic E-state index is 0.0729. The van der Waals surface area contributed by atoms with E-state index in [0.717, 1.165) is 17.0 Å². The molecule has 0 saturated carbocycles. The molecule has 1 unspecified atom stereocenters. The number of nitrogens with one attached hydrogen (secondary N) is 1. The molecule has 2 amide bonds. The van der Waals surface area contributed by atoms with E-state index < -0.39 is 55.3 Å². The molecule has 2 aromatic rings. The van der Waals surface area contributed by atoms with Crippen LogP contribution in [-0.2, 0) is 27.2 Å². The van der Waals surface area contributed by atoms with Gasteiger partial charge in [-0.05, 0) is 42.3 Å². The molecule has 42 heavy (non-hydrogen) atoms. The van der Waals surface area contributed by atoms with Crippen molar-refractivity contribution in [3.05, 3.63) is 65.5 Å². The van der Waals surface area contributed by atoms with Gasteiger partial charge in [-0.15, -0.1) is 0 Å². The van der Waals surface area contributed by atoms with Gasteiger partial charge in [0.25, 0.3) is 0 Å². The van der Waals surface area contributed by atoms with Crippen molar-refractivity contribution in [1.29, 1.82) is 0 Å². The monoisotopic (exact) mass is 616 g/mol. The number of benzene rings is 2. The van der Waals surface area contributed by atoms with Crippen LogP contribution in [0.5, 0.6) is 5.75 Å². The summed E-state index contributed by atoms with van der Waals surface area (Å²) in [4.78, 5) is 24.7. The van der Waals surface area contributed by atoms with Gasteiger partial charge < -0.3 is 29.5 Å². The third-order valence-electron chi connectivity index (χ3n) is 5.63. The molecule has 0 radical (unpaired) electrons. The highest BCUT2D eigenvalue weighted by atomic mass is 19.4.